The van der Waals surface area contributed by atoms with Gasteiger partial charge in [-0.3, -0.25) is 4.79 Å². The molecule has 1 aliphatic carbocycles. The molecule has 4 nitrogen and oxygen atoms in total. The van der Waals surface area contributed by atoms with Gasteiger partial charge in [-0.15, -0.1) is 11.8 Å². The maximum Gasteiger partial charge on any atom is 0.250 e. The Morgan fingerprint density at radius 1 is 1.08 bits per heavy atom. The summed E-state index contributed by atoms with van der Waals surface area (Å²) in [4.78, 5) is 12.3. The summed E-state index contributed by atoms with van der Waals surface area (Å²) in [7, 11) is 0. The number of halogens is 2. The standard InChI is InChI=1S/C29H27Cl2N3OS/c1-18(33-34-28(35)17-36-16-19-6-4-7-21(30)14-19)20-12-13-27-25(15-20)22-9-5-10-23(22)29(32-27)24-8-2-3-11-26(24)31/h2-9,11-15,22-23,29,32H,10,16-17H2,1H3,(H,34,35)/b33-18-/t22-,23+,29-/m1/s1. The van der Waals surface area contributed by atoms with Crippen LogP contribution in [0.5, 0.6) is 0 Å². The third-order valence-corrected chi connectivity index (χ3v) is 8.34. The summed E-state index contributed by atoms with van der Waals surface area (Å²) < 4.78 is 0. The molecule has 1 heterocycles. The van der Waals surface area contributed by atoms with Gasteiger partial charge in [0.2, 0.25) is 5.91 Å². The fourth-order valence-corrected chi connectivity index (χ4v) is 6.22. The molecule has 0 saturated heterocycles. The van der Waals surface area contributed by atoms with Crippen LogP contribution >= 0.6 is 35.0 Å². The number of nitrogens with one attached hydrogen (secondary N) is 2. The van der Waals surface area contributed by atoms with Crippen LogP contribution in [-0.4, -0.2) is 17.4 Å². The van der Waals surface area contributed by atoms with Gasteiger partial charge in [0.1, 0.15) is 0 Å². The normalized spacial score (nSPS) is 20.4. The highest BCUT2D eigenvalue weighted by Gasteiger charge is 2.38. The number of hydrogen-bond acceptors (Lipinski definition) is 4. The average Bonchev–Trinajstić information content (AvgIpc) is 3.37. The maximum atomic E-state index is 12.3. The van der Waals surface area contributed by atoms with Crippen LogP contribution in [0.3, 0.4) is 0 Å². The number of hydrogen-bond donors (Lipinski definition) is 2. The van der Waals surface area contributed by atoms with Crippen molar-refractivity contribution in [3.63, 3.8) is 0 Å². The smallest absolute Gasteiger partial charge is 0.250 e. The van der Waals surface area contributed by atoms with E-state index in [1.807, 2.05) is 55.5 Å². The van der Waals surface area contributed by atoms with Crippen LogP contribution in [0, 0.1) is 5.92 Å². The Balaban J connectivity index is 1.25. The lowest BCUT2D eigenvalue weighted by Gasteiger charge is -2.38. The summed E-state index contributed by atoms with van der Waals surface area (Å²) in [6.07, 6.45) is 5.58. The van der Waals surface area contributed by atoms with Crippen molar-refractivity contribution in [2.45, 2.75) is 31.1 Å². The van der Waals surface area contributed by atoms with Gasteiger partial charge >= 0.3 is 0 Å². The summed E-state index contributed by atoms with van der Waals surface area (Å²) in [6.45, 7) is 1.92. The number of rotatable bonds is 7. The number of amides is 1. The first-order chi connectivity index (χ1) is 17.5. The van der Waals surface area contributed by atoms with Gasteiger partial charge in [-0.05, 0) is 71.8 Å². The first-order valence-electron chi connectivity index (χ1n) is 12.0. The molecule has 0 saturated carbocycles. The number of anilines is 1. The molecule has 0 bridgehead atoms. The molecule has 2 N–H and O–H groups in total. The summed E-state index contributed by atoms with van der Waals surface area (Å²) >= 11 is 14.1. The van der Waals surface area contributed by atoms with E-state index in [1.165, 1.54) is 17.3 Å². The lowest BCUT2D eigenvalue weighted by molar-refractivity contribution is -0.118. The van der Waals surface area contributed by atoms with Crippen LogP contribution in [-0.2, 0) is 10.5 Å². The zero-order chi connectivity index (χ0) is 25.1. The first-order valence-corrected chi connectivity index (χ1v) is 13.9. The van der Waals surface area contributed by atoms with Gasteiger partial charge in [0.25, 0.3) is 0 Å². The third kappa shape index (κ3) is 5.49. The van der Waals surface area contributed by atoms with Crippen LogP contribution in [0.15, 0.2) is 84.0 Å². The van der Waals surface area contributed by atoms with Crippen LogP contribution in [0.25, 0.3) is 0 Å². The second kappa shape index (κ2) is 11.1. The SMILES string of the molecule is C/C(=N/NC(=O)CSCc1cccc(Cl)c1)c1ccc2c(c1)[C@@H]1C=CC[C@@H]1[C@H](c1ccccc1Cl)N2. The van der Waals surface area contributed by atoms with Gasteiger partial charge < -0.3 is 5.32 Å². The van der Waals surface area contributed by atoms with Crippen LogP contribution in [0.4, 0.5) is 5.69 Å². The monoisotopic (exact) mass is 535 g/mol. The second-order valence-corrected chi connectivity index (χ2v) is 11.0. The van der Waals surface area contributed by atoms with Crippen molar-refractivity contribution < 1.29 is 4.79 Å². The van der Waals surface area contributed by atoms with E-state index in [-0.39, 0.29) is 11.9 Å². The fourth-order valence-electron chi connectivity index (χ4n) is 4.99. The number of allylic oxidation sites excluding steroid dienone is 2. The van der Waals surface area contributed by atoms with Crippen LogP contribution < -0.4 is 10.7 Å². The molecular weight excluding hydrogens is 509 g/mol. The summed E-state index contributed by atoms with van der Waals surface area (Å²) in [6, 6.07) is 22.3. The molecule has 3 atom stereocenters. The maximum absolute atomic E-state index is 12.3. The predicted molar refractivity (Wildman–Crippen MR) is 152 cm³/mol. The molecule has 184 valence electrons. The Morgan fingerprint density at radius 3 is 2.78 bits per heavy atom. The highest BCUT2D eigenvalue weighted by atomic mass is 35.5. The van der Waals surface area contributed by atoms with E-state index in [9.17, 15) is 4.79 Å². The Kier molecular flexibility index (Phi) is 7.70. The fraction of sp³-hybridized carbons (Fsp3) is 0.241. The topological polar surface area (TPSA) is 53.5 Å². The molecule has 3 aromatic carbocycles. The largest absolute Gasteiger partial charge is 0.378 e. The number of hydrazone groups is 1. The van der Waals surface area contributed by atoms with Gasteiger partial charge in [0.15, 0.2) is 0 Å². The molecule has 3 aromatic rings. The van der Waals surface area contributed by atoms with Crippen molar-refractivity contribution in [3.05, 3.63) is 111 Å². The Labute approximate surface area is 226 Å². The third-order valence-electron chi connectivity index (χ3n) is 6.76. The average molecular weight is 537 g/mol. The first kappa shape index (κ1) is 24.9. The molecule has 0 fully saturated rings. The molecule has 36 heavy (non-hydrogen) atoms. The zero-order valence-electron chi connectivity index (χ0n) is 19.9. The van der Waals surface area contributed by atoms with E-state index < -0.39 is 0 Å². The molecule has 0 spiro atoms. The van der Waals surface area contributed by atoms with Crippen molar-refractivity contribution >= 4 is 52.3 Å². The Morgan fingerprint density at radius 2 is 1.94 bits per heavy atom. The zero-order valence-corrected chi connectivity index (χ0v) is 22.2. The Bertz CT molecular complexity index is 1340. The van der Waals surface area contributed by atoms with Gasteiger partial charge in [-0.25, -0.2) is 5.43 Å². The summed E-state index contributed by atoms with van der Waals surface area (Å²) in [5, 5.41) is 9.61. The van der Waals surface area contributed by atoms with Crippen LogP contribution in [0.1, 0.15) is 47.6 Å². The minimum Gasteiger partial charge on any atom is -0.378 e. The molecule has 5 rings (SSSR count). The number of carbonyl (C=O) groups is 1. The molecule has 2 aliphatic rings. The minimum atomic E-state index is -0.123. The summed E-state index contributed by atoms with van der Waals surface area (Å²) in [5.74, 6) is 1.64. The van der Waals surface area contributed by atoms with E-state index in [0.717, 1.165) is 45.3 Å². The Hall–Kier alpha value is -2.73. The van der Waals surface area contributed by atoms with E-state index in [1.54, 1.807) is 0 Å². The van der Waals surface area contributed by atoms with E-state index in [0.29, 0.717) is 22.6 Å². The summed E-state index contributed by atoms with van der Waals surface area (Å²) in [5.41, 5.74) is 9.08. The van der Waals surface area contributed by atoms with Crippen molar-refractivity contribution in [3.8, 4) is 0 Å². The van der Waals surface area contributed by atoms with Gasteiger partial charge in [0.05, 0.1) is 17.5 Å². The molecule has 0 aromatic heterocycles. The molecular formula is C29H27Cl2N3OS. The number of fused-ring (bicyclic) bond motifs is 3. The number of benzene rings is 3. The molecule has 7 heteroatoms. The molecule has 1 aliphatic heterocycles. The number of thioether (sulfide) groups is 1. The molecule has 0 unspecified atom stereocenters. The van der Waals surface area contributed by atoms with Crippen molar-refractivity contribution in [2.24, 2.45) is 11.0 Å². The van der Waals surface area contributed by atoms with Gasteiger partial charge in [-0.1, -0.05) is 71.8 Å². The van der Waals surface area contributed by atoms with E-state index in [2.05, 4.69) is 46.2 Å². The van der Waals surface area contributed by atoms with Crippen molar-refractivity contribution in [1.29, 1.82) is 0 Å². The van der Waals surface area contributed by atoms with Gasteiger partial charge in [-0.2, -0.15) is 5.10 Å². The van der Waals surface area contributed by atoms with Crippen molar-refractivity contribution in [1.82, 2.24) is 5.43 Å². The lowest BCUT2D eigenvalue weighted by atomic mass is 9.76. The highest BCUT2D eigenvalue weighted by Crippen LogP contribution is 2.50. The quantitative estimate of drug-likeness (QED) is 0.186. The van der Waals surface area contributed by atoms with Gasteiger partial charge in [0, 0.05) is 27.4 Å². The van der Waals surface area contributed by atoms with Crippen LogP contribution in [0.2, 0.25) is 10.0 Å². The number of carbonyl (C=O) groups excluding carboxylic acids is 1. The lowest BCUT2D eigenvalue weighted by Crippen LogP contribution is -2.29. The number of nitrogens with zero attached hydrogens (tertiary/aromatic N) is 1. The van der Waals surface area contributed by atoms with Crippen molar-refractivity contribution in [2.75, 3.05) is 11.1 Å². The van der Waals surface area contributed by atoms with E-state index >= 15 is 0 Å². The minimum absolute atomic E-state index is 0.123. The molecule has 1 amide bonds. The highest BCUT2D eigenvalue weighted by molar-refractivity contribution is 7.99. The van der Waals surface area contributed by atoms with E-state index in [4.69, 9.17) is 23.2 Å². The second-order valence-electron chi connectivity index (χ2n) is 9.15. The molecule has 0 radical (unpaired) electrons. The predicted octanol–water partition coefficient (Wildman–Crippen LogP) is 7.59.